The highest BCUT2D eigenvalue weighted by Crippen LogP contribution is 2.41. The Morgan fingerprint density at radius 2 is 2.16 bits per heavy atom. The average Bonchev–Trinajstić information content (AvgIpc) is 3.36. The van der Waals surface area contributed by atoms with Gasteiger partial charge in [0, 0.05) is 19.5 Å². The highest BCUT2D eigenvalue weighted by Gasteiger charge is 2.31. The zero-order chi connectivity index (χ0) is 18.0. The van der Waals surface area contributed by atoms with Crippen LogP contribution in [0.3, 0.4) is 0 Å². The minimum absolute atomic E-state index is 0.129. The molecule has 0 bridgehead atoms. The van der Waals surface area contributed by atoms with Crippen LogP contribution in [0.4, 0.5) is 0 Å². The summed E-state index contributed by atoms with van der Waals surface area (Å²) >= 11 is 0. The van der Waals surface area contributed by atoms with Gasteiger partial charge in [-0.2, -0.15) is 5.10 Å². The molecule has 0 spiro atoms. The molecule has 1 aromatic carbocycles. The van der Waals surface area contributed by atoms with Crippen molar-refractivity contribution < 1.29 is 19.4 Å². The Morgan fingerprint density at radius 1 is 1.40 bits per heavy atom. The van der Waals surface area contributed by atoms with E-state index in [2.05, 4.69) is 10.4 Å². The van der Waals surface area contributed by atoms with E-state index in [0.29, 0.717) is 30.2 Å². The maximum Gasteiger partial charge on any atom is 0.335 e. The second kappa shape index (κ2) is 6.96. The lowest BCUT2D eigenvalue weighted by Gasteiger charge is -2.10. The summed E-state index contributed by atoms with van der Waals surface area (Å²) in [6.07, 6.45) is 4.37. The van der Waals surface area contributed by atoms with E-state index in [-0.39, 0.29) is 11.5 Å². The van der Waals surface area contributed by atoms with E-state index in [0.717, 1.165) is 24.1 Å². The molecule has 0 radical (unpaired) electrons. The summed E-state index contributed by atoms with van der Waals surface area (Å²) < 4.78 is 7.03. The molecule has 0 saturated heterocycles. The molecule has 0 unspecified atom stereocenters. The molecule has 1 aliphatic carbocycles. The van der Waals surface area contributed by atoms with Crippen LogP contribution in [-0.4, -0.2) is 40.4 Å². The zero-order valence-corrected chi connectivity index (χ0v) is 14.3. The molecular formula is C18H21N3O4. The van der Waals surface area contributed by atoms with Crippen LogP contribution < -0.4 is 10.1 Å². The van der Waals surface area contributed by atoms with Gasteiger partial charge in [-0.05, 0) is 37.0 Å². The van der Waals surface area contributed by atoms with Gasteiger partial charge in [-0.25, -0.2) is 4.79 Å². The number of aromatic carboxylic acids is 1. The predicted octanol–water partition coefficient (Wildman–Crippen LogP) is 1.98. The quantitative estimate of drug-likeness (QED) is 0.802. The van der Waals surface area contributed by atoms with E-state index >= 15 is 0 Å². The Balaban J connectivity index is 1.63. The monoisotopic (exact) mass is 343 g/mol. The molecule has 1 aliphatic rings. The first-order valence-electron chi connectivity index (χ1n) is 8.21. The van der Waals surface area contributed by atoms with Gasteiger partial charge in [0.15, 0.2) is 0 Å². The number of methoxy groups -OCH3 is 1. The second-order valence-corrected chi connectivity index (χ2v) is 6.18. The number of hydrogen-bond donors (Lipinski definition) is 2. The van der Waals surface area contributed by atoms with Crippen molar-refractivity contribution in [1.82, 2.24) is 15.1 Å². The van der Waals surface area contributed by atoms with Crippen molar-refractivity contribution >= 4 is 11.9 Å². The molecule has 7 nitrogen and oxygen atoms in total. The van der Waals surface area contributed by atoms with Crippen LogP contribution in [0.5, 0.6) is 5.75 Å². The number of aryl methyl sites for hydroxylation is 1. The number of benzene rings is 1. The Hall–Kier alpha value is -2.83. The van der Waals surface area contributed by atoms with Crippen LogP contribution in [0, 0.1) is 0 Å². The highest BCUT2D eigenvalue weighted by molar-refractivity contribution is 5.95. The minimum atomic E-state index is -0.998. The van der Waals surface area contributed by atoms with Crippen LogP contribution in [-0.2, 0) is 13.5 Å². The maximum atomic E-state index is 12.4. The third-order valence-electron chi connectivity index (χ3n) is 4.41. The third kappa shape index (κ3) is 3.65. The smallest absolute Gasteiger partial charge is 0.335 e. The number of hydrogen-bond acceptors (Lipinski definition) is 4. The molecular weight excluding hydrogens is 322 g/mol. The number of carboxylic acids is 1. The lowest BCUT2D eigenvalue weighted by Crippen LogP contribution is -2.26. The second-order valence-electron chi connectivity index (χ2n) is 6.18. The molecule has 0 atom stereocenters. The fourth-order valence-electron chi connectivity index (χ4n) is 2.95. The van der Waals surface area contributed by atoms with E-state index in [1.165, 1.54) is 19.2 Å². The number of rotatable bonds is 7. The van der Waals surface area contributed by atoms with E-state index in [4.69, 9.17) is 9.84 Å². The van der Waals surface area contributed by atoms with Crippen LogP contribution in [0.1, 0.15) is 50.7 Å². The average molecular weight is 343 g/mol. The molecule has 132 valence electrons. The molecule has 1 saturated carbocycles. The van der Waals surface area contributed by atoms with Crippen molar-refractivity contribution in [2.75, 3.05) is 13.7 Å². The molecule has 1 fully saturated rings. The number of carbonyl (C=O) groups excluding carboxylic acids is 1. The standard InChI is InChI=1S/C18H21N3O4/c1-21-16(12-4-5-12)14(10-20-21)17(22)19-8-7-11-3-6-13(18(23)24)9-15(11)25-2/h3,6,9-10,12H,4-5,7-8H2,1-2H3,(H,19,22)(H,23,24). The van der Waals surface area contributed by atoms with Crippen LogP contribution in [0.2, 0.25) is 0 Å². The van der Waals surface area contributed by atoms with Crippen molar-refractivity contribution in [2.45, 2.75) is 25.2 Å². The fourth-order valence-corrected chi connectivity index (χ4v) is 2.95. The summed E-state index contributed by atoms with van der Waals surface area (Å²) in [5.74, 6) is -0.176. The van der Waals surface area contributed by atoms with E-state index < -0.39 is 5.97 Å². The van der Waals surface area contributed by atoms with Crippen molar-refractivity contribution in [2.24, 2.45) is 7.05 Å². The van der Waals surface area contributed by atoms with Crippen molar-refractivity contribution in [1.29, 1.82) is 0 Å². The van der Waals surface area contributed by atoms with E-state index in [9.17, 15) is 9.59 Å². The predicted molar refractivity (Wildman–Crippen MR) is 91.2 cm³/mol. The molecule has 2 aromatic rings. The molecule has 1 amide bonds. The summed E-state index contributed by atoms with van der Waals surface area (Å²) in [4.78, 5) is 23.4. The zero-order valence-electron chi connectivity index (χ0n) is 14.3. The van der Waals surface area contributed by atoms with E-state index in [1.54, 1.807) is 16.9 Å². The maximum absolute atomic E-state index is 12.4. The van der Waals surface area contributed by atoms with Gasteiger partial charge in [0.25, 0.3) is 5.91 Å². The van der Waals surface area contributed by atoms with Crippen molar-refractivity contribution in [3.05, 3.63) is 46.8 Å². The number of aromatic nitrogens is 2. The first kappa shape index (κ1) is 17.0. The summed E-state index contributed by atoms with van der Waals surface area (Å²) in [6, 6.07) is 4.74. The van der Waals surface area contributed by atoms with Gasteiger partial charge in [0.2, 0.25) is 0 Å². The summed E-state index contributed by atoms with van der Waals surface area (Å²) in [5, 5.41) is 16.1. The molecule has 2 N–H and O–H groups in total. The number of amides is 1. The van der Waals surface area contributed by atoms with Crippen LogP contribution in [0.25, 0.3) is 0 Å². The topological polar surface area (TPSA) is 93.4 Å². The number of ether oxygens (including phenoxy) is 1. The van der Waals surface area contributed by atoms with Gasteiger partial charge in [0.05, 0.1) is 30.1 Å². The van der Waals surface area contributed by atoms with Gasteiger partial charge in [-0.3, -0.25) is 9.48 Å². The number of nitrogens with one attached hydrogen (secondary N) is 1. The Kier molecular flexibility index (Phi) is 4.74. The number of nitrogens with zero attached hydrogens (tertiary/aromatic N) is 2. The van der Waals surface area contributed by atoms with Gasteiger partial charge in [-0.15, -0.1) is 0 Å². The minimum Gasteiger partial charge on any atom is -0.496 e. The largest absolute Gasteiger partial charge is 0.496 e. The first-order chi connectivity index (χ1) is 12.0. The van der Waals surface area contributed by atoms with Crippen LogP contribution in [0.15, 0.2) is 24.4 Å². The molecule has 0 aliphatic heterocycles. The molecule has 3 rings (SSSR count). The SMILES string of the molecule is COc1cc(C(=O)O)ccc1CCNC(=O)c1cnn(C)c1C1CC1. The molecule has 1 heterocycles. The Bertz CT molecular complexity index is 809. The van der Waals surface area contributed by atoms with Gasteiger partial charge >= 0.3 is 5.97 Å². The molecule has 7 heteroatoms. The first-order valence-corrected chi connectivity index (χ1v) is 8.21. The summed E-state index contributed by atoms with van der Waals surface area (Å²) in [7, 11) is 3.36. The lowest BCUT2D eigenvalue weighted by atomic mass is 10.1. The highest BCUT2D eigenvalue weighted by atomic mass is 16.5. The number of carboxylic acid groups (broad SMARTS) is 1. The van der Waals surface area contributed by atoms with Gasteiger partial charge in [-0.1, -0.05) is 6.07 Å². The Morgan fingerprint density at radius 3 is 2.80 bits per heavy atom. The molecule has 1 aromatic heterocycles. The van der Waals surface area contributed by atoms with Crippen LogP contribution >= 0.6 is 0 Å². The number of carbonyl (C=O) groups is 2. The van der Waals surface area contributed by atoms with Gasteiger partial charge in [0.1, 0.15) is 5.75 Å². The third-order valence-corrected chi connectivity index (χ3v) is 4.41. The van der Waals surface area contributed by atoms with Gasteiger partial charge < -0.3 is 15.2 Å². The lowest BCUT2D eigenvalue weighted by molar-refractivity contribution is 0.0696. The Labute approximate surface area is 145 Å². The summed E-state index contributed by atoms with van der Waals surface area (Å²) in [5.41, 5.74) is 2.66. The van der Waals surface area contributed by atoms with Crippen molar-refractivity contribution in [3.8, 4) is 5.75 Å². The van der Waals surface area contributed by atoms with Crippen molar-refractivity contribution in [3.63, 3.8) is 0 Å². The summed E-state index contributed by atoms with van der Waals surface area (Å²) in [6.45, 7) is 0.431. The van der Waals surface area contributed by atoms with E-state index in [1.807, 2.05) is 7.05 Å². The normalized spacial score (nSPS) is 13.5. The molecule has 25 heavy (non-hydrogen) atoms. The fraction of sp³-hybridized carbons (Fsp3) is 0.389.